The van der Waals surface area contributed by atoms with Crippen molar-refractivity contribution in [2.24, 2.45) is 0 Å². The standard InChI is InChI=1S/C33H39N11O/c1-41(2)30-26(6-5-25-29(30)35-13-12-34-25)38-32-24-8-11-36-31(24)39-33(40-32)37-21-4-7-27-28(18-21)45-20-23-19-43(16-17-44(23)27)22-9-14-42(3)15-10-22/h4-8,11-13,18,22-23H,9-10,14-17,19-20H2,1-3H3,(H3,36,37,38,39,40). The maximum atomic E-state index is 6.36. The number of benzene rings is 2. The first-order valence-corrected chi connectivity index (χ1v) is 15.8. The van der Waals surface area contributed by atoms with Crippen LogP contribution in [0, 0.1) is 0 Å². The van der Waals surface area contributed by atoms with Crippen LogP contribution in [0.4, 0.5) is 34.5 Å². The van der Waals surface area contributed by atoms with Crippen LogP contribution < -0.4 is 25.2 Å². The van der Waals surface area contributed by atoms with Crippen LogP contribution in [0.15, 0.2) is 55.0 Å². The zero-order valence-electron chi connectivity index (χ0n) is 26.0. The fourth-order valence-corrected chi connectivity index (χ4v) is 7.09. The van der Waals surface area contributed by atoms with Crippen LogP contribution in [0.1, 0.15) is 12.8 Å². The fraction of sp³-hybridized carbons (Fsp3) is 0.394. The van der Waals surface area contributed by atoms with Crippen LogP contribution in [0.3, 0.4) is 0 Å². The first-order chi connectivity index (χ1) is 22.0. The number of likely N-dealkylation sites (tertiary alicyclic amines) is 1. The molecule has 45 heavy (non-hydrogen) atoms. The summed E-state index contributed by atoms with van der Waals surface area (Å²) >= 11 is 0. The highest BCUT2D eigenvalue weighted by Gasteiger charge is 2.36. The van der Waals surface area contributed by atoms with Crippen LogP contribution in [-0.2, 0) is 0 Å². The smallest absolute Gasteiger partial charge is 0.231 e. The lowest BCUT2D eigenvalue weighted by Crippen LogP contribution is -2.60. The average molecular weight is 606 g/mol. The van der Waals surface area contributed by atoms with E-state index in [0.29, 0.717) is 30.5 Å². The summed E-state index contributed by atoms with van der Waals surface area (Å²) in [5.41, 5.74) is 6.26. The molecule has 3 aliphatic rings. The Morgan fingerprint density at radius 3 is 2.67 bits per heavy atom. The number of ether oxygens (including phenoxy) is 1. The van der Waals surface area contributed by atoms with Crippen molar-refractivity contribution < 1.29 is 4.74 Å². The molecule has 0 spiro atoms. The summed E-state index contributed by atoms with van der Waals surface area (Å²) in [5.74, 6) is 2.07. The lowest BCUT2D eigenvalue weighted by Gasteiger charge is -2.48. The molecular formula is C33H39N11O. The van der Waals surface area contributed by atoms with Crippen molar-refractivity contribution in [2.75, 3.05) is 80.9 Å². The minimum absolute atomic E-state index is 0.380. The topological polar surface area (TPSA) is 114 Å². The highest BCUT2D eigenvalue weighted by atomic mass is 16.5. The van der Waals surface area contributed by atoms with E-state index in [4.69, 9.17) is 14.7 Å². The molecule has 0 bridgehead atoms. The van der Waals surface area contributed by atoms with Gasteiger partial charge in [-0.2, -0.15) is 9.97 Å². The number of piperazine rings is 1. The number of nitrogens with zero attached hydrogens (tertiary/aromatic N) is 8. The van der Waals surface area contributed by atoms with Gasteiger partial charge in [0.15, 0.2) is 0 Å². The summed E-state index contributed by atoms with van der Waals surface area (Å²) in [4.78, 5) is 31.7. The van der Waals surface area contributed by atoms with E-state index in [1.54, 1.807) is 12.4 Å². The molecule has 2 fully saturated rings. The Morgan fingerprint density at radius 2 is 1.80 bits per heavy atom. The highest BCUT2D eigenvalue weighted by Crippen LogP contribution is 2.39. The zero-order chi connectivity index (χ0) is 30.5. The molecular weight excluding hydrogens is 566 g/mol. The van der Waals surface area contributed by atoms with Gasteiger partial charge in [-0.05, 0) is 63.3 Å². The molecule has 3 N–H and O–H groups in total. The molecule has 5 aromatic rings. The SMILES string of the molecule is CN1CCC(N2CCN3c4ccc(Nc5nc(Nc6ccc7nccnc7c6N(C)C)c6cc[nH]c6n5)cc4OCC3C2)CC1. The average Bonchev–Trinajstić information content (AvgIpc) is 3.53. The number of anilines is 6. The second kappa shape index (κ2) is 11.4. The van der Waals surface area contributed by atoms with Gasteiger partial charge >= 0.3 is 0 Å². The number of fused-ring (bicyclic) bond motifs is 5. The minimum Gasteiger partial charge on any atom is -0.489 e. The number of aromatic nitrogens is 5. The summed E-state index contributed by atoms with van der Waals surface area (Å²) in [5, 5.41) is 7.87. The molecule has 12 heteroatoms. The summed E-state index contributed by atoms with van der Waals surface area (Å²) in [6.07, 6.45) is 7.83. The predicted molar refractivity (Wildman–Crippen MR) is 179 cm³/mol. The Labute approximate surface area is 262 Å². The van der Waals surface area contributed by atoms with Gasteiger partial charge in [0.25, 0.3) is 0 Å². The summed E-state index contributed by atoms with van der Waals surface area (Å²) < 4.78 is 6.36. The molecule has 8 rings (SSSR count). The fourth-order valence-electron chi connectivity index (χ4n) is 7.09. The minimum atomic E-state index is 0.380. The molecule has 1 atom stereocenters. The van der Waals surface area contributed by atoms with E-state index in [0.717, 1.165) is 64.5 Å². The second-order valence-corrected chi connectivity index (χ2v) is 12.5. The van der Waals surface area contributed by atoms with Crippen LogP contribution in [0.5, 0.6) is 5.75 Å². The maximum Gasteiger partial charge on any atom is 0.231 e. The third-order valence-electron chi connectivity index (χ3n) is 9.41. The largest absolute Gasteiger partial charge is 0.489 e. The van der Waals surface area contributed by atoms with E-state index < -0.39 is 0 Å². The first-order valence-electron chi connectivity index (χ1n) is 15.8. The number of H-pyrrole nitrogens is 1. The summed E-state index contributed by atoms with van der Waals surface area (Å²) in [7, 11) is 6.24. The number of piperidine rings is 1. The normalized spacial score (nSPS) is 19.3. The Balaban J connectivity index is 1.03. The second-order valence-electron chi connectivity index (χ2n) is 12.5. The van der Waals surface area contributed by atoms with Gasteiger partial charge in [0.1, 0.15) is 29.3 Å². The molecule has 1 unspecified atom stereocenters. The van der Waals surface area contributed by atoms with Crippen molar-refractivity contribution in [3.8, 4) is 5.75 Å². The van der Waals surface area contributed by atoms with Gasteiger partial charge in [0.05, 0.1) is 34.0 Å². The van der Waals surface area contributed by atoms with Gasteiger partial charge in [-0.25, -0.2) is 0 Å². The number of hydrogen-bond donors (Lipinski definition) is 3. The number of nitrogens with one attached hydrogen (secondary N) is 3. The van der Waals surface area contributed by atoms with E-state index in [2.05, 4.69) is 65.5 Å². The lowest BCUT2D eigenvalue weighted by atomic mass is 10.00. The van der Waals surface area contributed by atoms with Crippen molar-refractivity contribution in [1.29, 1.82) is 0 Å². The molecule has 2 saturated heterocycles. The van der Waals surface area contributed by atoms with Crippen molar-refractivity contribution in [2.45, 2.75) is 24.9 Å². The van der Waals surface area contributed by atoms with Crippen LogP contribution in [-0.4, -0.2) is 107 Å². The molecule has 0 amide bonds. The predicted octanol–water partition coefficient (Wildman–Crippen LogP) is 4.43. The van der Waals surface area contributed by atoms with E-state index in [1.165, 1.54) is 31.6 Å². The third-order valence-corrected chi connectivity index (χ3v) is 9.41. The van der Waals surface area contributed by atoms with Gasteiger partial charge in [-0.15, -0.1) is 0 Å². The van der Waals surface area contributed by atoms with Crippen molar-refractivity contribution in [3.05, 3.63) is 55.0 Å². The number of rotatable bonds is 6. The molecule has 6 heterocycles. The van der Waals surface area contributed by atoms with Crippen LogP contribution in [0.25, 0.3) is 22.1 Å². The lowest BCUT2D eigenvalue weighted by molar-refractivity contribution is 0.0868. The molecule has 0 saturated carbocycles. The van der Waals surface area contributed by atoms with Crippen molar-refractivity contribution >= 4 is 56.6 Å². The molecule has 0 radical (unpaired) electrons. The van der Waals surface area contributed by atoms with E-state index in [-0.39, 0.29) is 0 Å². The van der Waals surface area contributed by atoms with Gasteiger partial charge in [-0.1, -0.05) is 0 Å². The van der Waals surface area contributed by atoms with Gasteiger partial charge in [-0.3, -0.25) is 14.9 Å². The Morgan fingerprint density at radius 1 is 0.933 bits per heavy atom. The van der Waals surface area contributed by atoms with E-state index in [1.807, 2.05) is 43.4 Å². The van der Waals surface area contributed by atoms with Crippen LogP contribution >= 0.6 is 0 Å². The Hall–Kier alpha value is -4.68. The highest BCUT2D eigenvalue weighted by molar-refractivity contribution is 5.99. The quantitative estimate of drug-likeness (QED) is 0.255. The maximum absolute atomic E-state index is 6.36. The molecule has 12 nitrogen and oxygen atoms in total. The molecule has 3 aliphatic heterocycles. The summed E-state index contributed by atoms with van der Waals surface area (Å²) in [6.45, 7) is 6.27. The Kier molecular flexibility index (Phi) is 7.02. The molecule has 3 aromatic heterocycles. The van der Waals surface area contributed by atoms with Crippen molar-refractivity contribution in [3.63, 3.8) is 0 Å². The van der Waals surface area contributed by atoms with Gasteiger partial charge < -0.3 is 35.1 Å². The number of aromatic amines is 1. The monoisotopic (exact) mass is 605 g/mol. The molecule has 0 aliphatic carbocycles. The summed E-state index contributed by atoms with van der Waals surface area (Å²) in [6, 6.07) is 13.4. The van der Waals surface area contributed by atoms with E-state index in [9.17, 15) is 0 Å². The Bertz CT molecular complexity index is 1850. The molecule has 2 aromatic carbocycles. The van der Waals surface area contributed by atoms with E-state index >= 15 is 0 Å². The van der Waals surface area contributed by atoms with Crippen molar-refractivity contribution in [1.82, 2.24) is 34.7 Å². The van der Waals surface area contributed by atoms with Crippen LogP contribution in [0.2, 0.25) is 0 Å². The molecule has 232 valence electrons. The van der Waals surface area contributed by atoms with Gasteiger partial charge in [0, 0.05) is 70.1 Å². The third kappa shape index (κ3) is 5.23. The number of hydrogen-bond acceptors (Lipinski definition) is 11. The van der Waals surface area contributed by atoms with Gasteiger partial charge in [0.2, 0.25) is 5.95 Å². The zero-order valence-corrected chi connectivity index (χ0v) is 26.0. The first kappa shape index (κ1) is 27.8.